The molecule has 0 N–H and O–H groups in total. The fraction of sp³-hybridized carbons (Fsp3) is 1.00. The van der Waals surface area contributed by atoms with Gasteiger partial charge in [0.05, 0.1) is 0 Å². The van der Waals surface area contributed by atoms with Crippen LogP contribution in [0.5, 0.6) is 0 Å². The number of hydrogen-bond donors (Lipinski definition) is 0. The molecule has 0 spiro atoms. The summed E-state index contributed by atoms with van der Waals surface area (Å²) < 4.78 is 0. The van der Waals surface area contributed by atoms with E-state index in [1.807, 2.05) is 0 Å². The van der Waals surface area contributed by atoms with E-state index in [-0.39, 0.29) is 0 Å². The first-order valence-electron chi connectivity index (χ1n) is 7.72. The van der Waals surface area contributed by atoms with Crippen LogP contribution < -0.4 is 0 Å². The van der Waals surface area contributed by atoms with Gasteiger partial charge < -0.3 is 0 Å². The number of rotatable bonds is 7. The minimum Gasteiger partial charge on any atom is -0.0654 e. The van der Waals surface area contributed by atoms with Crippen LogP contribution in [0.2, 0.25) is 0 Å². The molecular formula is C16H30. The van der Waals surface area contributed by atoms with Gasteiger partial charge in [-0.05, 0) is 55.3 Å². The molecule has 2 saturated carbocycles. The summed E-state index contributed by atoms with van der Waals surface area (Å²) in [6.45, 7) is 7.22. The molecule has 0 radical (unpaired) electrons. The maximum atomic E-state index is 2.45. The minimum absolute atomic E-state index is 0.920. The van der Waals surface area contributed by atoms with Gasteiger partial charge >= 0.3 is 0 Å². The molecule has 3 atom stereocenters. The standard InChI is InChI=1S/C16H30/c1-4-5-6-7-8-16(12(2)3)15-10-13-9-14(13)11-15/h12-16H,4-11H2,1-3H3. The van der Waals surface area contributed by atoms with E-state index in [1.165, 1.54) is 43.9 Å². The first-order valence-corrected chi connectivity index (χ1v) is 7.72. The van der Waals surface area contributed by atoms with Crippen LogP contribution in [-0.4, -0.2) is 0 Å². The molecule has 2 rings (SSSR count). The van der Waals surface area contributed by atoms with E-state index in [9.17, 15) is 0 Å². The quantitative estimate of drug-likeness (QED) is 0.514. The van der Waals surface area contributed by atoms with Gasteiger partial charge in [0, 0.05) is 0 Å². The van der Waals surface area contributed by atoms with E-state index in [2.05, 4.69) is 20.8 Å². The summed E-state index contributed by atoms with van der Waals surface area (Å²) in [5.41, 5.74) is 0. The molecule has 0 aromatic heterocycles. The van der Waals surface area contributed by atoms with Crippen LogP contribution in [0.3, 0.4) is 0 Å². The maximum absolute atomic E-state index is 2.45. The van der Waals surface area contributed by atoms with Crippen molar-refractivity contribution in [1.29, 1.82) is 0 Å². The number of hydrogen-bond acceptors (Lipinski definition) is 0. The third kappa shape index (κ3) is 3.02. The minimum atomic E-state index is 0.920. The molecule has 2 aliphatic rings. The van der Waals surface area contributed by atoms with Gasteiger partial charge in [0.15, 0.2) is 0 Å². The highest BCUT2D eigenvalue weighted by Gasteiger charge is 2.47. The summed E-state index contributed by atoms with van der Waals surface area (Å²) in [7, 11) is 0. The summed E-state index contributed by atoms with van der Waals surface area (Å²) in [6.07, 6.45) is 12.0. The van der Waals surface area contributed by atoms with E-state index < -0.39 is 0 Å². The van der Waals surface area contributed by atoms with Gasteiger partial charge in [-0.3, -0.25) is 0 Å². The lowest BCUT2D eigenvalue weighted by Gasteiger charge is -2.28. The lowest BCUT2D eigenvalue weighted by Crippen LogP contribution is -2.19. The fourth-order valence-corrected chi connectivity index (χ4v) is 4.03. The van der Waals surface area contributed by atoms with Crippen LogP contribution in [0.25, 0.3) is 0 Å². The van der Waals surface area contributed by atoms with Crippen molar-refractivity contribution >= 4 is 0 Å². The molecule has 0 aromatic carbocycles. The molecule has 0 amide bonds. The predicted octanol–water partition coefficient (Wildman–Crippen LogP) is 5.28. The van der Waals surface area contributed by atoms with Crippen LogP contribution in [0, 0.1) is 29.6 Å². The van der Waals surface area contributed by atoms with Gasteiger partial charge in [-0.15, -0.1) is 0 Å². The van der Waals surface area contributed by atoms with E-state index >= 15 is 0 Å². The second-order valence-electron chi connectivity index (χ2n) is 6.74. The second-order valence-corrected chi connectivity index (χ2v) is 6.74. The highest BCUT2D eigenvalue weighted by molar-refractivity contribution is 4.97. The molecule has 0 aliphatic heterocycles. The molecular weight excluding hydrogens is 192 g/mol. The third-order valence-corrected chi connectivity index (χ3v) is 5.13. The van der Waals surface area contributed by atoms with Gasteiger partial charge in [-0.25, -0.2) is 0 Å². The zero-order chi connectivity index (χ0) is 11.5. The zero-order valence-electron chi connectivity index (χ0n) is 11.5. The molecule has 0 heteroatoms. The van der Waals surface area contributed by atoms with Crippen LogP contribution >= 0.6 is 0 Å². The molecule has 2 fully saturated rings. The second kappa shape index (κ2) is 5.56. The average Bonchev–Trinajstić information content (AvgIpc) is 2.85. The van der Waals surface area contributed by atoms with Gasteiger partial charge in [0.25, 0.3) is 0 Å². The van der Waals surface area contributed by atoms with E-state index in [4.69, 9.17) is 0 Å². The third-order valence-electron chi connectivity index (χ3n) is 5.13. The molecule has 0 nitrogen and oxygen atoms in total. The Bertz CT molecular complexity index is 196. The van der Waals surface area contributed by atoms with Gasteiger partial charge in [-0.2, -0.15) is 0 Å². The Labute approximate surface area is 102 Å². The maximum Gasteiger partial charge on any atom is -0.0362 e. The van der Waals surface area contributed by atoms with Crippen molar-refractivity contribution in [2.45, 2.75) is 72.1 Å². The SMILES string of the molecule is CCCCCCC(C(C)C)C1CC2CC2C1. The first kappa shape index (κ1) is 12.5. The summed E-state index contributed by atoms with van der Waals surface area (Å²) in [5.74, 6) is 5.41. The Morgan fingerprint density at radius 3 is 2.19 bits per heavy atom. The number of fused-ring (bicyclic) bond motifs is 1. The van der Waals surface area contributed by atoms with Crippen LogP contribution in [0.1, 0.15) is 72.1 Å². The summed E-state index contributed by atoms with van der Waals surface area (Å²) in [5, 5.41) is 0. The predicted molar refractivity (Wildman–Crippen MR) is 71.4 cm³/mol. The lowest BCUT2D eigenvalue weighted by molar-refractivity contribution is 0.220. The molecule has 3 unspecified atom stereocenters. The van der Waals surface area contributed by atoms with Crippen molar-refractivity contribution in [1.82, 2.24) is 0 Å². The van der Waals surface area contributed by atoms with Gasteiger partial charge in [0.2, 0.25) is 0 Å². The zero-order valence-corrected chi connectivity index (χ0v) is 11.5. The normalized spacial score (nSPS) is 34.1. The Balaban J connectivity index is 1.71. The van der Waals surface area contributed by atoms with Crippen LogP contribution in [-0.2, 0) is 0 Å². The molecule has 0 bridgehead atoms. The average molecular weight is 222 g/mol. The highest BCUT2D eigenvalue weighted by atomic mass is 14.5. The van der Waals surface area contributed by atoms with Gasteiger partial charge in [-0.1, -0.05) is 46.5 Å². The smallest absolute Gasteiger partial charge is 0.0362 e. The number of unbranched alkanes of at least 4 members (excludes halogenated alkanes) is 3. The molecule has 0 heterocycles. The first-order chi connectivity index (χ1) is 7.72. The lowest BCUT2D eigenvalue weighted by atomic mass is 9.77. The van der Waals surface area contributed by atoms with Crippen molar-refractivity contribution in [3.8, 4) is 0 Å². The molecule has 0 saturated heterocycles. The van der Waals surface area contributed by atoms with E-state index in [0.29, 0.717) is 0 Å². The van der Waals surface area contributed by atoms with Crippen LogP contribution in [0.15, 0.2) is 0 Å². The largest absolute Gasteiger partial charge is 0.0654 e. The Morgan fingerprint density at radius 2 is 1.62 bits per heavy atom. The van der Waals surface area contributed by atoms with E-state index in [1.54, 1.807) is 19.3 Å². The molecule has 94 valence electrons. The molecule has 0 aromatic rings. The summed E-state index contributed by atoms with van der Waals surface area (Å²) >= 11 is 0. The Hall–Kier alpha value is 0. The summed E-state index contributed by atoms with van der Waals surface area (Å²) in [6, 6.07) is 0. The summed E-state index contributed by atoms with van der Waals surface area (Å²) in [4.78, 5) is 0. The van der Waals surface area contributed by atoms with Gasteiger partial charge in [0.1, 0.15) is 0 Å². The highest BCUT2D eigenvalue weighted by Crippen LogP contribution is 2.57. The van der Waals surface area contributed by atoms with E-state index in [0.717, 1.165) is 17.8 Å². The van der Waals surface area contributed by atoms with Crippen molar-refractivity contribution in [3.63, 3.8) is 0 Å². The van der Waals surface area contributed by atoms with Crippen molar-refractivity contribution in [2.75, 3.05) is 0 Å². The Morgan fingerprint density at radius 1 is 0.938 bits per heavy atom. The monoisotopic (exact) mass is 222 g/mol. The van der Waals surface area contributed by atoms with Crippen LogP contribution in [0.4, 0.5) is 0 Å². The topological polar surface area (TPSA) is 0 Å². The van der Waals surface area contributed by atoms with Crippen molar-refractivity contribution < 1.29 is 0 Å². The molecule has 2 aliphatic carbocycles. The molecule has 16 heavy (non-hydrogen) atoms. The fourth-order valence-electron chi connectivity index (χ4n) is 4.03. The van der Waals surface area contributed by atoms with Crippen molar-refractivity contribution in [2.24, 2.45) is 29.6 Å². The van der Waals surface area contributed by atoms with Crippen molar-refractivity contribution in [3.05, 3.63) is 0 Å². The Kier molecular flexibility index (Phi) is 4.33.